The number of carbonyl (C=O) groups excluding carboxylic acids is 1. The van der Waals surface area contributed by atoms with Crippen LogP contribution in [0.1, 0.15) is 19.4 Å². The van der Waals surface area contributed by atoms with Crippen molar-refractivity contribution in [2.24, 2.45) is 0 Å². The summed E-state index contributed by atoms with van der Waals surface area (Å²) in [5.41, 5.74) is 0.941. The van der Waals surface area contributed by atoms with Gasteiger partial charge in [0.15, 0.2) is 12.0 Å². The highest BCUT2D eigenvalue weighted by atomic mass is 16.8. The van der Waals surface area contributed by atoms with Crippen LogP contribution in [0.5, 0.6) is 0 Å². The number of rotatable bonds is 3. The Hall–Kier alpha value is -1.59. The minimum atomic E-state index is -0.655. The maximum atomic E-state index is 11.5. The lowest BCUT2D eigenvalue weighted by atomic mass is 10.2. The molecular formula is C13H17NO4. The molecule has 1 unspecified atom stereocenters. The average Bonchev–Trinajstić information content (AvgIpc) is 2.67. The topological polar surface area (TPSA) is 56.8 Å². The van der Waals surface area contributed by atoms with Gasteiger partial charge in [0, 0.05) is 0 Å². The van der Waals surface area contributed by atoms with E-state index in [1.807, 2.05) is 30.3 Å². The van der Waals surface area contributed by atoms with Crippen molar-refractivity contribution in [1.82, 2.24) is 5.32 Å². The van der Waals surface area contributed by atoms with E-state index >= 15 is 0 Å². The fourth-order valence-corrected chi connectivity index (χ4v) is 1.65. The molecule has 1 amide bonds. The molecule has 0 bridgehead atoms. The molecule has 18 heavy (non-hydrogen) atoms. The van der Waals surface area contributed by atoms with Crippen molar-refractivity contribution in [2.75, 3.05) is 6.61 Å². The smallest absolute Gasteiger partial charge is 0.409 e. The number of nitrogens with one attached hydrogen (secondary N) is 1. The fraction of sp³-hybridized carbons (Fsp3) is 0.462. The number of alkyl carbamates (subject to hydrolysis) is 1. The van der Waals surface area contributed by atoms with Gasteiger partial charge in [-0.2, -0.15) is 0 Å². The molecule has 1 heterocycles. The second kappa shape index (κ2) is 5.37. The Kier molecular flexibility index (Phi) is 3.84. The van der Waals surface area contributed by atoms with Gasteiger partial charge in [-0.25, -0.2) is 4.79 Å². The first-order chi connectivity index (χ1) is 8.55. The molecule has 0 aliphatic carbocycles. The molecule has 5 nitrogen and oxygen atoms in total. The largest absolute Gasteiger partial charge is 0.445 e. The third-order valence-corrected chi connectivity index (χ3v) is 2.50. The van der Waals surface area contributed by atoms with Gasteiger partial charge in [-0.05, 0) is 19.4 Å². The Balaban J connectivity index is 1.73. The van der Waals surface area contributed by atoms with Crippen molar-refractivity contribution in [3.05, 3.63) is 35.9 Å². The van der Waals surface area contributed by atoms with Gasteiger partial charge in [0.2, 0.25) is 0 Å². The highest BCUT2D eigenvalue weighted by molar-refractivity contribution is 5.67. The van der Waals surface area contributed by atoms with Crippen molar-refractivity contribution in [3.63, 3.8) is 0 Å². The molecule has 1 aromatic carbocycles. The summed E-state index contributed by atoms with van der Waals surface area (Å²) in [5.74, 6) is -0.655. The summed E-state index contributed by atoms with van der Waals surface area (Å²) in [7, 11) is 0. The zero-order valence-corrected chi connectivity index (χ0v) is 10.5. The second-order valence-corrected chi connectivity index (χ2v) is 4.52. The van der Waals surface area contributed by atoms with E-state index in [4.69, 9.17) is 14.2 Å². The predicted octanol–water partition coefficient (Wildman–Crippen LogP) is 2.02. The molecule has 1 N–H and O–H groups in total. The van der Waals surface area contributed by atoms with Crippen LogP contribution in [0.3, 0.4) is 0 Å². The minimum absolute atomic E-state index is 0.240. The first-order valence-corrected chi connectivity index (χ1v) is 5.84. The summed E-state index contributed by atoms with van der Waals surface area (Å²) < 4.78 is 15.8. The number of amides is 1. The lowest BCUT2D eigenvalue weighted by Crippen LogP contribution is -2.37. The number of benzene rings is 1. The van der Waals surface area contributed by atoms with Crippen LogP contribution in [0.2, 0.25) is 0 Å². The van der Waals surface area contributed by atoms with Crippen molar-refractivity contribution in [1.29, 1.82) is 0 Å². The zero-order chi connectivity index (χ0) is 13.0. The summed E-state index contributed by atoms with van der Waals surface area (Å²) in [6, 6.07) is 9.49. The van der Waals surface area contributed by atoms with E-state index in [-0.39, 0.29) is 6.61 Å². The molecular weight excluding hydrogens is 234 g/mol. The molecule has 1 fully saturated rings. The first-order valence-electron chi connectivity index (χ1n) is 5.84. The van der Waals surface area contributed by atoms with Crippen LogP contribution in [0.4, 0.5) is 4.79 Å². The molecule has 1 aromatic rings. The van der Waals surface area contributed by atoms with Gasteiger partial charge < -0.3 is 14.2 Å². The average molecular weight is 251 g/mol. The van der Waals surface area contributed by atoms with E-state index in [1.54, 1.807) is 13.8 Å². The monoisotopic (exact) mass is 251 g/mol. The number of carbonyl (C=O) groups is 1. The van der Waals surface area contributed by atoms with Crippen LogP contribution in [0, 0.1) is 0 Å². The van der Waals surface area contributed by atoms with Gasteiger partial charge in [-0.1, -0.05) is 30.3 Å². The predicted molar refractivity (Wildman–Crippen MR) is 64.7 cm³/mol. The van der Waals surface area contributed by atoms with Crippen molar-refractivity contribution in [2.45, 2.75) is 32.5 Å². The van der Waals surface area contributed by atoms with Crippen LogP contribution >= 0.6 is 0 Å². The molecule has 1 saturated heterocycles. The molecule has 98 valence electrons. The molecule has 0 saturated carbocycles. The lowest BCUT2D eigenvalue weighted by molar-refractivity contribution is -0.140. The summed E-state index contributed by atoms with van der Waals surface area (Å²) >= 11 is 0. The summed E-state index contributed by atoms with van der Waals surface area (Å²) in [6.07, 6.45) is -0.964. The standard InChI is InChI=1S/C13H17NO4/c1-13(2)17-9-11(18-13)14-12(15)16-8-10-6-4-3-5-7-10/h3-7,11H,8-9H2,1-2H3,(H,14,15). The van der Waals surface area contributed by atoms with Crippen molar-refractivity contribution in [3.8, 4) is 0 Å². The Morgan fingerprint density at radius 2 is 2.17 bits per heavy atom. The number of ether oxygens (including phenoxy) is 3. The third-order valence-electron chi connectivity index (χ3n) is 2.50. The van der Waals surface area contributed by atoms with E-state index in [0.717, 1.165) is 5.56 Å². The maximum Gasteiger partial charge on any atom is 0.409 e. The quantitative estimate of drug-likeness (QED) is 0.893. The van der Waals surface area contributed by atoms with E-state index in [2.05, 4.69) is 5.32 Å². The van der Waals surface area contributed by atoms with Crippen LogP contribution in [0.15, 0.2) is 30.3 Å². The highest BCUT2D eigenvalue weighted by Crippen LogP contribution is 2.20. The van der Waals surface area contributed by atoms with Crippen LogP contribution in [-0.2, 0) is 20.8 Å². The van der Waals surface area contributed by atoms with Gasteiger partial charge in [-0.15, -0.1) is 0 Å². The Labute approximate surface area is 106 Å². The van der Waals surface area contributed by atoms with Crippen LogP contribution < -0.4 is 5.32 Å². The minimum Gasteiger partial charge on any atom is -0.445 e. The molecule has 0 radical (unpaired) electrons. The molecule has 1 atom stereocenters. The molecule has 5 heteroatoms. The van der Waals surface area contributed by atoms with Gasteiger partial charge in [-0.3, -0.25) is 5.32 Å². The Morgan fingerprint density at radius 1 is 1.44 bits per heavy atom. The van der Waals surface area contributed by atoms with E-state index in [9.17, 15) is 4.79 Å². The lowest BCUT2D eigenvalue weighted by Gasteiger charge is -2.17. The first kappa shape index (κ1) is 12.9. The zero-order valence-electron chi connectivity index (χ0n) is 10.5. The SMILES string of the molecule is CC1(C)OCC(NC(=O)OCc2ccccc2)O1. The maximum absolute atomic E-state index is 11.5. The van der Waals surface area contributed by atoms with Crippen molar-refractivity contribution < 1.29 is 19.0 Å². The molecule has 0 spiro atoms. The van der Waals surface area contributed by atoms with Crippen LogP contribution in [0.25, 0.3) is 0 Å². The summed E-state index contributed by atoms with van der Waals surface area (Å²) in [5, 5.41) is 2.60. The molecule has 2 rings (SSSR count). The van der Waals surface area contributed by atoms with Crippen LogP contribution in [-0.4, -0.2) is 24.7 Å². The van der Waals surface area contributed by atoms with Gasteiger partial charge in [0.1, 0.15) is 6.61 Å². The van der Waals surface area contributed by atoms with Crippen molar-refractivity contribution >= 4 is 6.09 Å². The Bertz CT molecular complexity index is 405. The van der Waals surface area contributed by atoms with Gasteiger partial charge in [0.05, 0.1) is 6.61 Å². The Morgan fingerprint density at radius 3 is 2.78 bits per heavy atom. The second-order valence-electron chi connectivity index (χ2n) is 4.52. The number of hydrogen-bond acceptors (Lipinski definition) is 4. The van der Waals surface area contributed by atoms with Gasteiger partial charge in [0.25, 0.3) is 0 Å². The van der Waals surface area contributed by atoms with E-state index < -0.39 is 18.1 Å². The fourth-order valence-electron chi connectivity index (χ4n) is 1.65. The molecule has 1 aliphatic heterocycles. The highest BCUT2D eigenvalue weighted by Gasteiger charge is 2.33. The van der Waals surface area contributed by atoms with Gasteiger partial charge >= 0.3 is 6.09 Å². The molecule has 0 aromatic heterocycles. The molecule has 1 aliphatic rings. The summed E-state index contributed by atoms with van der Waals surface area (Å²) in [4.78, 5) is 11.5. The van der Waals surface area contributed by atoms with E-state index in [1.165, 1.54) is 0 Å². The normalized spacial score (nSPS) is 21.6. The third kappa shape index (κ3) is 3.72. The van der Waals surface area contributed by atoms with E-state index in [0.29, 0.717) is 6.61 Å². The number of hydrogen-bond donors (Lipinski definition) is 1. The summed E-state index contributed by atoms with van der Waals surface area (Å²) in [6.45, 7) is 4.16.